The van der Waals surface area contributed by atoms with Crippen molar-refractivity contribution in [2.75, 3.05) is 13.7 Å². The monoisotopic (exact) mass is 442 g/mol. The predicted molar refractivity (Wildman–Crippen MR) is 129 cm³/mol. The highest BCUT2D eigenvalue weighted by molar-refractivity contribution is 5.97. The van der Waals surface area contributed by atoms with Gasteiger partial charge in [-0.1, -0.05) is 37.3 Å². The van der Waals surface area contributed by atoms with E-state index in [0.29, 0.717) is 30.1 Å². The van der Waals surface area contributed by atoms with Gasteiger partial charge in [-0.25, -0.2) is 10.4 Å². The van der Waals surface area contributed by atoms with E-state index in [2.05, 4.69) is 32.6 Å². The number of hydrogen-bond acceptors (Lipinski definition) is 5. The lowest BCUT2D eigenvalue weighted by Crippen LogP contribution is -2.17. The Bertz CT molecular complexity index is 1270. The number of hydrazone groups is 1. The van der Waals surface area contributed by atoms with E-state index in [4.69, 9.17) is 9.47 Å². The first kappa shape index (κ1) is 22.1. The molecular formula is C26H26N4O3. The van der Waals surface area contributed by atoms with Crippen LogP contribution in [0.25, 0.3) is 11.0 Å². The Kier molecular flexibility index (Phi) is 6.99. The van der Waals surface area contributed by atoms with Gasteiger partial charge in [0.1, 0.15) is 5.82 Å². The molecule has 0 saturated heterocycles. The molecule has 33 heavy (non-hydrogen) atoms. The highest BCUT2D eigenvalue weighted by atomic mass is 16.5. The molecular weight excluding hydrogens is 416 g/mol. The third-order valence-electron chi connectivity index (χ3n) is 5.04. The summed E-state index contributed by atoms with van der Waals surface area (Å²) in [5.41, 5.74) is 6.66. The van der Waals surface area contributed by atoms with E-state index in [1.165, 1.54) is 5.56 Å². The van der Waals surface area contributed by atoms with Gasteiger partial charge in [0.25, 0.3) is 5.91 Å². The molecule has 0 fully saturated rings. The van der Waals surface area contributed by atoms with Crippen molar-refractivity contribution in [3.8, 4) is 11.5 Å². The summed E-state index contributed by atoms with van der Waals surface area (Å²) in [4.78, 5) is 20.5. The van der Waals surface area contributed by atoms with E-state index in [1.54, 1.807) is 25.5 Å². The van der Waals surface area contributed by atoms with E-state index in [9.17, 15) is 4.79 Å². The van der Waals surface area contributed by atoms with Crippen molar-refractivity contribution in [1.82, 2.24) is 15.4 Å². The number of hydrogen-bond donors (Lipinski definition) is 2. The van der Waals surface area contributed by atoms with Gasteiger partial charge in [0, 0.05) is 12.0 Å². The molecule has 0 aliphatic rings. The van der Waals surface area contributed by atoms with Gasteiger partial charge < -0.3 is 14.5 Å². The second kappa shape index (κ2) is 10.5. The first-order valence-electron chi connectivity index (χ1n) is 10.8. The van der Waals surface area contributed by atoms with E-state index >= 15 is 0 Å². The average molecular weight is 443 g/mol. The number of ether oxygens (including phenoxy) is 2. The molecule has 0 atom stereocenters. The Hall–Kier alpha value is -4.13. The smallest absolute Gasteiger partial charge is 0.271 e. The second-order valence-corrected chi connectivity index (χ2v) is 7.54. The van der Waals surface area contributed by atoms with Crippen LogP contribution in [0.5, 0.6) is 11.5 Å². The topological polar surface area (TPSA) is 88.6 Å². The van der Waals surface area contributed by atoms with Gasteiger partial charge >= 0.3 is 0 Å². The summed E-state index contributed by atoms with van der Waals surface area (Å²) in [7, 11) is 1.60. The number of methoxy groups -OCH3 is 1. The van der Waals surface area contributed by atoms with E-state index < -0.39 is 0 Å². The molecule has 168 valence electrons. The molecule has 0 saturated carbocycles. The Morgan fingerprint density at radius 2 is 1.94 bits per heavy atom. The zero-order chi connectivity index (χ0) is 23.0. The van der Waals surface area contributed by atoms with Crippen LogP contribution in [0, 0.1) is 0 Å². The maximum absolute atomic E-state index is 12.6. The van der Waals surface area contributed by atoms with Crippen LogP contribution in [0.1, 0.15) is 40.7 Å². The van der Waals surface area contributed by atoms with Crippen molar-refractivity contribution >= 4 is 23.2 Å². The van der Waals surface area contributed by atoms with Crippen LogP contribution in [-0.2, 0) is 6.42 Å². The van der Waals surface area contributed by atoms with Gasteiger partial charge in [-0.3, -0.25) is 4.79 Å². The van der Waals surface area contributed by atoms with Gasteiger partial charge in [0.2, 0.25) is 0 Å². The van der Waals surface area contributed by atoms with Gasteiger partial charge in [0.05, 0.1) is 31.0 Å². The minimum Gasteiger partial charge on any atom is -0.493 e. The third kappa shape index (κ3) is 5.57. The van der Waals surface area contributed by atoms with Crippen LogP contribution in [-0.4, -0.2) is 35.8 Å². The van der Waals surface area contributed by atoms with Crippen LogP contribution in [0.15, 0.2) is 71.8 Å². The summed E-state index contributed by atoms with van der Waals surface area (Å²) in [5, 5.41) is 4.09. The SMILES string of the molecule is CCCOc1cc(/C=N\NC(=O)c2ccc3nc(Cc4ccccc4)[nH]c3c2)ccc1OC. The summed E-state index contributed by atoms with van der Waals surface area (Å²) in [6.07, 6.45) is 3.17. The van der Waals surface area contributed by atoms with Gasteiger partial charge in [0.15, 0.2) is 11.5 Å². The van der Waals surface area contributed by atoms with E-state index in [-0.39, 0.29) is 5.91 Å². The number of aromatic amines is 1. The Morgan fingerprint density at radius 1 is 1.09 bits per heavy atom. The summed E-state index contributed by atoms with van der Waals surface area (Å²) in [6, 6.07) is 21.0. The standard InChI is InChI=1S/C26H26N4O3/c1-3-13-33-24-14-19(9-12-23(24)32-2)17-27-30-26(31)20-10-11-21-22(16-20)29-25(28-21)15-18-7-5-4-6-8-18/h4-12,14,16-17H,3,13,15H2,1-2H3,(H,28,29)(H,30,31)/b27-17-. The number of imidazole rings is 1. The number of carbonyl (C=O) groups is 1. The third-order valence-corrected chi connectivity index (χ3v) is 5.04. The molecule has 1 amide bonds. The number of nitrogens with one attached hydrogen (secondary N) is 2. The highest BCUT2D eigenvalue weighted by Gasteiger charge is 2.09. The fourth-order valence-corrected chi connectivity index (χ4v) is 3.41. The summed E-state index contributed by atoms with van der Waals surface area (Å²) in [6.45, 7) is 2.63. The lowest BCUT2D eigenvalue weighted by Gasteiger charge is -2.10. The van der Waals surface area contributed by atoms with Crippen LogP contribution < -0.4 is 14.9 Å². The minimum absolute atomic E-state index is 0.302. The van der Waals surface area contributed by atoms with Crippen molar-refractivity contribution in [1.29, 1.82) is 0 Å². The maximum Gasteiger partial charge on any atom is 0.271 e. The fraction of sp³-hybridized carbons (Fsp3) is 0.192. The fourth-order valence-electron chi connectivity index (χ4n) is 3.41. The Labute approximate surface area is 192 Å². The van der Waals surface area contributed by atoms with Gasteiger partial charge in [-0.2, -0.15) is 5.10 Å². The first-order valence-corrected chi connectivity index (χ1v) is 10.8. The van der Waals surface area contributed by atoms with Crippen molar-refractivity contribution in [2.24, 2.45) is 5.10 Å². The quantitative estimate of drug-likeness (QED) is 0.290. The molecule has 0 radical (unpaired) electrons. The zero-order valence-electron chi connectivity index (χ0n) is 18.7. The first-order chi connectivity index (χ1) is 16.2. The summed E-state index contributed by atoms with van der Waals surface area (Å²) >= 11 is 0. The molecule has 3 aromatic carbocycles. The molecule has 2 N–H and O–H groups in total. The second-order valence-electron chi connectivity index (χ2n) is 7.54. The molecule has 1 aromatic heterocycles. The number of carbonyl (C=O) groups excluding carboxylic acids is 1. The number of rotatable bonds is 9. The van der Waals surface area contributed by atoms with Crippen molar-refractivity contribution in [3.63, 3.8) is 0 Å². The molecule has 0 aliphatic carbocycles. The molecule has 7 nitrogen and oxygen atoms in total. The number of nitrogens with zero attached hydrogens (tertiary/aromatic N) is 2. The Morgan fingerprint density at radius 3 is 2.73 bits per heavy atom. The molecule has 7 heteroatoms. The predicted octanol–water partition coefficient (Wildman–Crippen LogP) is 4.72. The van der Waals surface area contributed by atoms with Gasteiger partial charge in [-0.15, -0.1) is 0 Å². The molecule has 0 unspecified atom stereocenters. The average Bonchev–Trinajstić information content (AvgIpc) is 3.24. The minimum atomic E-state index is -0.302. The van der Waals surface area contributed by atoms with Gasteiger partial charge in [-0.05, 0) is 53.9 Å². The summed E-state index contributed by atoms with van der Waals surface area (Å²) in [5.74, 6) is 1.85. The van der Waals surface area contributed by atoms with Crippen LogP contribution in [0.3, 0.4) is 0 Å². The van der Waals surface area contributed by atoms with Crippen LogP contribution in [0.4, 0.5) is 0 Å². The number of amides is 1. The Balaban J connectivity index is 1.42. The molecule has 4 aromatic rings. The lowest BCUT2D eigenvalue weighted by molar-refractivity contribution is 0.0955. The molecule has 0 bridgehead atoms. The van der Waals surface area contributed by atoms with Crippen molar-refractivity contribution < 1.29 is 14.3 Å². The van der Waals surface area contributed by atoms with E-state index in [1.807, 2.05) is 49.4 Å². The van der Waals surface area contributed by atoms with Crippen LogP contribution >= 0.6 is 0 Å². The molecule has 1 heterocycles. The number of benzene rings is 3. The summed E-state index contributed by atoms with van der Waals surface area (Å²) < 4.78 is 11.0. The number of H-pyrrole nitrogens is 1. The maximum atomic E-state index is 12.6. The molecule has 4 rings (SSSR count). The normalized spacial score (nSPS) is 11.1. The number of aromatic nitrogens is 2. The van der Waals surface area contributed by atoms with Crippen molar-refractivity contribution in [3.05, 3.63) is 89.2 Å². The largest absolute Gasteiger partial charge is 0.493 e. The van der Waals surface area contributed by atoms with E-state index in [0.717, 1.165) is 28.8 Å². The molecule has 0 spiro atoms. The van der Waals surface area contributed by atoms with Crippen LogP contribution in [0.2, 0.25) is 0 Å². The highest BCUT2D eigenvalue weighted by Crippen LogP contribution is 2.27. The number of fused-ring (bicyclic) bond motifs is 1. The lowest BCUT2D eigenvalue weighted by atomic mass is 10.1. The zero-order valence-corrected chi connectivity index (χ0v) is 18.7. The molecule has 0 aliphatic heterocycles. The van der Waals surface area contributed by atoms with Crippen molar-refractivity contribution in [2.45, 2.75) is 19.8 Å².